The topological polar surface area (TPSA) is 80.3 Å². The number of sulfone groups is 1. The molecule has 1 N–H and O–H groups in total. The third-order valence-corrected chi connectivity index (χ3v) is 7.04. The van der Waals surface area contributed by atoms with Gasteiger partial charge in [-0.25, -0.2) is 16.8 Å². The van der Waals surface area contributed by atoms with Crippen molar-refractivity contribution in [1.29, 1.82) is 0 Å². The van der Waals surface area contributed by atoms with Crippen molar-refractivity contribution in [1.82, 2.24) is 0 Å². The lowest BCUT2D eigenvalue weighted by Crippen LogP contribution is -2.28. The van der Waals surface area contributed by atoms with E-state index in [1.165, 1.54) is 0 Å². The molecule has 1 aliphatic rings. The number of hydrogen-bond acceptors (Lipinski definition) is 4. The number of sulfonamides is 1. The van der Waals surface area contributed by atoms with Crippen molar-refractivity contribution in [3.05, 3.63) is 28.7 Å². The Morgan fingerprint density at radius 1 is 1.22 bits per heavy atom. The van der Waals surface area contributed by atoms with Crippen LogP contribution in [0.5, 0.6) is 0 Å². The monoisotopic (exact) mass is 353 g/mol. The van der Waals surface area contributed by atoms with Gasteiger partial charge in [0.1, 0.15) is 0 Å². The van der Waals surface area contributed by atoms with Crippen molar-refractivity contribution in [3.8, 4) is 0 Å². The molecule has 0 spiro atoms. The summed E-state index contributed by atoms with van der Waals surface area (Å²) in [4.78, 5) is 0. The number of anilines is 1. The molecule has 0 bridgehead atoms. The summed E-state index contributed by atoms with van der Waals surface area (Å²) in [6.45, 7) is 0. The van der Waals surface area contributed by atoms with E-state index in [9.17, 15) is 16.8 Å². The molecule has 100 valence electrons. The molecule has 1 saturated heterocycles. The van der Waals surface area contributed by atoms with E-state index < -0.39 is 25.1 Å². The summed E-state index contributed by atoms with van der Waals surface area (Å²) in [6, 6.07) is 6.66. The van der Waals surface area contributed by atoms with Crippen LogP contribution in [0.2, 0.25) is 0 Å². The third kappa shape index (κ3) is 3.24. The van der Waals surface area contributed by atoms with Crippen LogP contribution < -0.4 is 4.72 Å². The Morgan fingerprint density at radius 3 is 2.33 bits per heavy atom. The summed E-state index contributed by atoms with van der Waals surface area (Å²) >= 11 is 3.25. The second kappa shape index (κ2) is 4.82. The van der Waals surface area contributed by atoms with Crippen molar-refractivity contribution in [2.45, 2.75) is 11.7 Å². The maximum absolute atomic E-state index is 12.0. The van der Waals surface area contributed by atoms with Gasteiger partial charge in [0.05, 0.1) is 16.8 Å². The minimum absolute atomic E-state index is 0.0566. The Balaban J connectivity index is 2.15. The van der Waals surface area contributed by atoms with Crippen LogP contribution in [0.25, 0.3) is 0 Å². The normalized spacial score (nSPS) is 22.8. The van der Waals surface area contributed by atoms with Gasteiger partial charge < -0.3 is 0 Å². The molecular formula is C10H12BrNO4S2. The molecule has 1 aromatic rings. The quantitative estimate of drug-likeness (QED) is 0.889. The van der Waals surface area contributed by atoms with Gasteiger partial charge in [-0.1, -0.05) is 15.9 Å². The van der Waals surface area contributed by atoms with Crippen LogP contribution >= 0.6 is 15.9 Å². The molecule has 1 atom stereocenters. The second-order valence-corrected chi connectivity index (χ2v) is 9.28. The number of rotatable bonds is 3. The summed E-state index contributed by atoms with van der Waals surface area (Å²) in [7, 11) is -6.85. The Hall–Kier alpha value is -0.600. The number of halogens is 1. The first-order valence-electron chi connectivity index (χ1n) is 5.26. The van der Waals surface area contributed by atoms with Gasteiger partial charge in [0.25, 0.3) is 0 Å². The zero-order chi connectivity index (χ0) is 13.4. The van der Waals surface area contributed by atoms with E-state index in [-0.39, 0.29) is 17.9 Å². The molecule has 18 heavy (non-hydrogen) atoms. The maximum Gasteiger partial charge on any atom is 0.236 e. The van der Waals surface area contributed by atoms with E-state index in [1.807, 2.05) is 0 Å². The minimum atomic E-state index is -3.64. The van der Waals surface area contributed by atoms with Crippen LogP contribution in [0.15, 0.2) is 28.7 Å². The molecule has 5 nitrogen and oxygen atoms in total. The van der Waals surface area contributed by atoms with Gasteiger partial charge in [0.2, 0.25) is 10.0 Å². The third-order valence-electron chi connectivity index (χ3n) is 2.73. The van der Waals surface area contributed by atoms with Crippen molar-refractivity contribution in [2.24, 2.45) is 0 Å². The van der Waals surface area contributed by atoms with E-state index in [2.05, 4.69) is 20.7 Å². The van der Waals surface area contributed by atoms with Crippen molar-refractivity contribution < 1.29 is 16.8 Å². The SMILES string of the molecule is O=S1(=O)CC[C@H](S(=O)(=O)Nc2ccc(Br)cc2)C1. The van der Waals surface area contributed by atoms with Crippen LogP contribution in [-0.4, -0.2) is 33.6 Å². The highest BCUT2D eigenvalue weighted by Crippen LogP contribution is 2.22. The molecule has 1 heterocycles. The second-order valence-electron chi connectivity index (χ2n) is 4.18. The lowest BCUT2D eigenvalue weighted by molar-refractivity contribution is 0.587. The van der Waals surface area contributed by atoms with Gasteiger partial charge in [-0.2, -0.15) is 0 Å². The van der Waals surface area contributed by atoms with Gasteiger partial charge in [0.15, 0.2) is 9.84 Å². The van der Waals surface area contributed by atoms with Crippen LogP contribution in [0.1, 0.15) is 6.42 Å². The molecule has 1 aliphatic heterocycles. The zero-order valence-corrected chi connectivity index (χ0v) is 12.6. The predicted molar refractivity (Wildman–Crippen MR) is 73.7 cm³/mol. The molecule has 0 amide bonds. The first-order valence-corrected chi connectivity index (χ1v) is 9.42. The standard InChI is InChI=1S/C10H12BrNO4S2/c11-8-1-3-9(4-2-8)12-18(15,16)10-5-6-17(13,14)7-10/h1-4,10,12H,5-7H2/t10-/m0/s1. The van der Waals surface area contributed by atoms with Gasteiger partial charge >= 0.3 is 0 Å². The van der Waals surface area contributed by atoms with Crippen LogP contribution in [0.4, 0.5) is 5.69 Å². The zero-order valence-electron chi connectivity index (χ0n) is 9.34. The van der Waals surface area contributed by atoms with E-state index in [1.54, 1.807) is 24.3 Å². The fourth-order valence-electron chi connectivity index (χ4n) is 1.77. The maximum atomic E-state index is 12.0. The van der Waals surface area contributed by atoms with Gasteiger partial charge in [-0.05, 0) is 30.7 Å². The fourth-order valence-corrected chi connectivity index (χ4v) is 6.13. The molecule has 0 unspecified atom stereocenters. The average molecular weight is 354 g/mol. The Morgan fingerprint density at radius 2 is 1.83 bits per heavy atom. The lowest BCUT2D eigenvalue weighted by Gasteiger charge is -2.12. The summed E-state index contributed by atoms with van der Waals surface area (Å²) < 4.78 is 49.8. The molecule has 1 aromatic carbocycles. The van der Waals surface area contributed by atoms with Crippen molar-refractivity contribution >= 4 is 41.5 Å². The lowest BCUT2D eigenvalue weighted by atomic mass is 10.3. The first-order chi connectivity index (χ1) is 8.28. The summed E-state index contributed by atoms with van der Waals surface area (Å²) in [5, 5.41) is -0.855. The van der Waals surface area contributed by atoms with Crippen molar-refractivity contribution in [2.75, 3.05) is 16.2 Å². The predicted octanol–water partition coefficient (Wildman–Crippen LogP) is 1.38. The van der Waals surface area contributed by atoms with E-state index in [4.69, 9.17) is 0 Å². The molecule has 2 rings (SSSR count). The summed E-state index contributed by atoms with van der Waals surface area (Å²) in [5.41, 5.74) is 0.433. The summed E-state index contributed by atoms with van der Waals surface area (Å²) in [5.74, 6) is -0.349. The Kier molecular flexibility index (Phi) is 3.70. The largest absolute Gasteiger partial charge is 0.283 e. The Labute approximate surface area is 115 Å². The molecular weight excluding hydrogens is 342 g/mol. The highest BCUT2D eigenvalue weighted by molar-refractivity contribution is 9.10. The average Bonchev–Trinajstić information content (AvgIpc) is 2.63. The number of hydrogen-bond donors (Lipinski definition) is 1. The van der Waals surface area contributed by atoms with E-state index in [0.717, 1.165) is 4.47 Å². The highest BCUT2D eigenvalue weighted by atomic mass is 79.9. The molecule has 0 saturated carbocycles. The number of nitrogens with one attached hydrogen (secondary N) is 1. The van der Waals surface area contributed by atoms with Crippen LogP contribution in [0.3, 0.4) is 0 Å². The molecule has 0 aromatic heterocycles. The molecule has 8 heteroatoms. The number of benzene rings is 1. The van der Waals surface area contributed by atoms with Gasteiger partial charge in [-0.3, -0.25) is 4.72 Å². The van der Waals surface area contributed by atoms with Crippen LogP contribution in [-0.2, 0) is 19.9 Å². The van der Waals surface area contributed by atoms with Crippen LogP contribution in [0, 0.1) is 0 Å². The molecule has 1 fully saturated rings. The smallest absolute Gasteiger partial charge is 0.236 e. The minimum Gasteiger partial charge on any atom is -0.283 e. The van der Waals surface area contributed by atoms with Gasteiger partial charge in [0, 0.05) is 10.2 Å². The molecule has 0 radical (unpaired) electrons. The first kappa shape index (κ1) is 13.8. The molecule has 0 aliphatic carbocycles. The van der Waals surface area contributed by atoms with Gasteiger partial charge in [-0.15, -0.1) is 0 Å². The van der Waals surface area contributed by atoms with Crippen molar-refractivity contribution in [3.63, 3.8) is 0 Å². The Bertz CT molecular complexity index is 637. The van der Waals surface area contributed by atoms with E-state index in [0.29, 0.717) is 5.69 Å². The highest BCUT2D eigenvalue weighted by Gasteiger charge is 2.37. The summed E-state index contributed by atoms with van der Waals surface area (Å²) in [6.07, 6.45) is 0.161. The fraction of sp³-hybridized carbons (Fsp3) is 0.400. The van der Waals surface area contributed by atoms with E-state index >= 15 is 0 Å².